The van der Waals surface area contributed by atoms with E-state index in [1.54, 1.807) is 4.90 Å². The molecule has 33 heavy (non-hydrogen) atoms. The molecule has 3 rings (SSSR count). The van der Waals surface area contributed by atoms with Gasteiger partial charge in [-0.3, -0.25) is 9.59 Å². The van der Waals surface area contributed by atoms with Crippen molar-refractivity contribution in [3.8, 4) is 0 Å². The van der Waals surface area contributed by atoms with E-state index in [2.05, 4.69) is 12.2 Å². The average Bonchev–Trinajstić information content (AvgIpc) is 2.84. The third-order valence-corrected chi connectivity index (χ3v) is 5.82. The zero-order valence-corrected chi connectivity index (χ0v) is 19.8. The van der Waals surface area contributed by atoms with E-state index in [4.69, 9.17) is 11.6 Å². The van der Waals surface area contributed by atoms with Crippen LogP contribution in [0.2, 0.25) is 5.02 Å². The number of halogens is 1. The summed E-state index contributed by atoms with van der Waals surface area (Å²) in [5.74, 6) is -0.203. The molecule has 0 heterocycles. The molecule has 2 amide bonds. The van der Waals surface area contributed by atoms with Crippen LogP contribution in [0.1, 0.15) is 36.5 Å². The van der Waals surface area contributed by atoms with Crippen LogP contribution in [0.15, 0.2) is 84.9 Å². The fraction of sp³-hybridized carbons (Fsp3) is 0.286. The predicted octanol–water partition coefficient (Wildman–Crippen LogP) is 5.44. The van der Waals surface area contributed by atoms with Gasteiger partial charge in [0, 0.05) is 24.5 Å². The first-order valence-corrected chi connectivity index (χ1v) is 11.8. The number of nitrogens with zero attached hydrogens (tertiary/aromatic N) is 1. The van der Waals surface area contributed by atoms with Crippen molar-refractivity contribution in [1.29, 1.82) is 0 Å². The zero-order valence-electron chi connectivity index (χ0n) is 19.0. The molecule has 5 heteroatoms. The highest BCUT2D eigenvalue weighted by molar-refractivity contribution is 6.30. The number of amides is 2. The number of carbonyl (C=O) groups excluding carboxylic acids is 2. The minimum Gasteiger partial charge on any atom is -0.354 e. The standard InChI is InChI=1S/C28H31ClN2O2/c1-2-3-18-30-28(33)26(19-22-10-6-4-7-11-22)31(21-24-14-16-25(29)17-15-24)27(32)20-23-12-8-5-9-13-23/h4-17,26H,2-3,18-21H2,1H3,(H,30,33). The van der Waals surface area contributed by atoms with Gasteiger partial charge in [-0.15, -0.1) is 0 Å². The molecule has 0 radical (unpaired) electrons. The Morgan fingerprint density at radius 2 is 1.45 bits per heavy atom. The summed E-state index contributed by atoms with van der Waals surface area (Å²) in [5.41, 5.74) is 2.87. The summed E-state index contributed by atoms with van der Waals surface area (Å²) in [6, 6.07) is 26.3. The summed E-state index contributed by atoms with van der Waals surface area (Å²) in [7, 11) is 0. The largest absolute Gasteiger partial charge is 0.354 e. The molecule has 1 N–H and O–H groups in total. The molecule has 0 aliphatic carbocycles. The van der Waals surface area contributed by atoms with Crippen LogP contribution in [0.3, 0.4) is 0 Å². The van der Waals surface area contributed by atoms with Crippen LogP contribution >= 0.6 is 11.6 Å². The molecule has 172 valence electrons. The summed E-state index contributed by atoms with van der Waals surface area (Å²) in [6.45, 7) is 3.02. The van der Waals surface area contributed by atoms with Crippen LogP contribution < -0.4 is 5.32 Å². The van der Waals surface area contributed by atoms with Crippen molar-refractivity contribution in [2.75, 3.05) is 6.54 Å². The highest BCUT2D eigenvalue weighted by atomic mass is 35.5. The third-order valence-electron chi connectivity index (χ3n) is 5.57. The minimum absolute atomic E-state index is 0.0808. The number of rotatable bonds is 11. The van der Waals surface area contributed by atoms with Crippen molar-refractivity contribution in [3.63, 3.8) is 0 Å². The molecule has 0 saturated carbocycles. The molecule has 1 unspecified atom stereocenters. The maximum Gasteiger partial charge on any atom is 0.243 e. The second-order valence-corrected chi connectivity index (χ2v) is 8.60. The number of hydrogen-bond acceptors (Lipinski definition) is 2. The van der Waals surface area contributed by atoms with Crippen LogP contribution in [-0.4, -0.2) is 29.3 Å². The summed E-state index contributed by atoms with van der Waals surface area (Å²) in [5, 5.41) is 3.68. The minimum atomic E-state index is -0.615. The van der Waals surface area contributed by atoms with Crippen molar-refractivity contribution in [3.05, 3.63) is 107 Å². The molecular weight excluding hydrogens is 432 g/mol. The maximum absolute atomic E-state index is 13.6. The number of carbonyl (C=O) groups is 2. The lowest BCUT2D eigenvalue weighted by molar-refractivity contribution is -0.140. The van der Waals surface area contributed by atoms with E-state index in [0.717, 1.165) is 29.5 Å². The normalized spacial score (nSPS) is 11.6. The van der Waals surface area contributed by atoms with Gasteiger partial charge in [0.1, 0.15) is 6.04 Å². The van der Waals surface area contributed by atoms with E-state index < -0.39 is 6.04 Å². The molecule has 3 aromatic rings. The molecule has 3 aromatic carbocycles. The van der Waals surface area contributed by atoms with E-state index in [1.807, 2.05) is 84.9 Å². The van der Waals surface area contributed by atoms with Crippen molar-refractivity contribution in [1.82, 2.24) is 10.2 Å². The van der Waals surface area contributed by atoms with E-state index in [1.165, 1.54) is 0 Å². The number of unbranched alkanes of at least 4 members (excludes halogenated alkanes) is 1. The number of benzene rings is 3. The van der Waals surface area contributed by atoms with Gasteiger partial charge in [-0.1, -0.05) is 97.7 Å². The Morgan fingerprint density at radius 1 is 0.848 bits per heavy atom. The van der Waals surface area contributed by atoms with Crippen molar-refractivity contribution >= 4 is 23.4 Å². The predicted molar refractivity (Wildman–Crippen MR) is 134 cm³/mol. The topological polar surface area (TPSA) is 49.4 Å². The van der Waals surface area contributed by atoms with Gasteiger partial charge in [-0.05, 0) is 35.2 Å². The Balaban J connectivity index is 1.91. The third kappa shape index (κ3) is 7.76. The lowest BCUT2D eigenvalue weighted by Crippen LogP contribution is -2.51. The average molecular weight is 463 g/mol. The van der Waals surface area contributed by atoms with Crippen LogP contribution in [0.25, 0.3) is 0 Å². The Hall–Kier alpha value is -3.11. The highest BCUT2D eigenvalue weighted by Crippen LogP contribution is 2.18. The first-order valence-electron chi connectivity index (χ1n) is 11.5. The second-order valence-electron chi connectivity index (χ2n) is 8.16. The Morgan fingerprint density at radius 3 is 2.06 bits per heavy atom. The van der Waals surface area contributed by atoms with E-state index in [0.29, 0.717) is 24.5 Å². The maximum atomic E-state index is 13.6. The molecule has 0 fully saturated rings. The zero-order chi connectivity index (χ0) is 23.5. The van der Waals surface area contributed by atoms with Crippen molar-refractivity contribution in [2.45, 2.75) is 45.2 Å². The van der Waals surface area contributed by atoms with Gasteiger partial charge in [0.25, 0.3) is 0 Å². The van der Waals surface area contributed by atoms with Crippen LogP contribution in [0, 0.1) is 0 Å². The SMILES string of the molecule is CCCCNC(=O)C(Cc1ccccc1)N(Cc1ccc(Cl)cc1)C(=O)Cc1ccccc1. The second kappa shape index (κ2) is 12.8. The molecule has 1 atom stereocenters. The van der Waals surface area contributed by atoms with Crippen molar-refractivity contribution in [2.24, 2.45) is 0 Å². The molecule has 0 spiro atoms. The summed E-state index contributed by atoms with van der Waals surface area (Å²) in [4.78, 5) is 28.6. The van der Waals surface area contributed by atoms with Gasteiger partial charge in [0.2, 0.25) is 11.8 Å². The van der Waals surface area contributed by atoms with Gasteiger partial charge in [0.05, 0.1) is 6.42 Å². The van der Waals surface area contributed by atoms with Crippen LogP contribution in [0.5, 0.6) is 0 Å². The van der Waals surface area contributed by atoms with Crippen LogP contribution in [-0.2, 0) is 29.0 Å². The fourth-order valence-electron chi connectivity index (χ4n) is 3.72. The molecule has 0 aromatic heterocycles. The summed E-state index contributed by atoms with van der Waals surface area (Å²) in [6.07, 6.45) is 2.58. The molecule has 4 nitrogen and oxygen atoms in total. The Bertz CT molecular complexity index is 1010. The lowest BCUT2D eigenvalue weighted by Gasteiger charge is -2.31. The fourth-order valence-corrected chi connectivity index (χ4v) is 3.84. The Kier molecular flexibility index (Phi) is 9.52. The van der Waals surface area contributed by atoms with Gasteiger partial charge in [-0.25, -0.2) is 0 Å². The smallest absolute Gasteiger partial charge is 0.243 e. The van der Waals surface area contributed by atoms with Gasteiger partial charge >= 0.3 is 0 Å². The van der Waals surface area contributed by atoms with Crippen LogP contribution in [0.4, 0.5) is 0 Å². The molecular formula is C28H31ClN2O2. The molecule has 0 saturated heterocycles. The van der Waals surface area contributed by atoms with Crippen molar-refractivity contribution < 1.29 is 9.59 Å². The molecule has 0 bridgehead atoms. The summed E-state index contributed by atoms with van der Waals surface area (Å²) >= 11 is 6.06. The van der Waals surface area contributed by atoms with Gasteiger partial charge < -0.3 is 10.2 Å². The monoisotopic (exact) mass is 462 g/mol. The lowest BCUT2D eigenvalue weighted by atomic mass is 10.0. The van der Waals surface area contributed by atoms with Gasteiger partial charge in [0.15, 0.2) is 0 Å². The number of hydrogen-bond donors (Lipinski definition) is 1. The van der Waals surface area contributed by atoms with E-state index in [9.17, 15) is 9.59 Å². The Labute approximate surface area is 201 Å². The quantitative estimate of drug-likeness (QED) is 0.386. The first kappa shape index (κ1) is 24.5. The summed E-state index contributed by atoms with van der Waals surface area (Å²) < 4.78 is 0. The van der Waals surface area contributed by atoms with E-state index >= 15 is 0 Å². The van der Waals surface area contributed by atoms with E-state index in [-0.39, 0.29) is 18.2 Å². The number of nitrogens with one attached hydrogen (secondary N) is 1. The molecule has 0 aliphatic rings. The van der Waals surface area contributed by atoms with Gasteiger partial charge in [-0.2, -0.15) is 0 Å². The molecule has 0 aliphatic heterocycles. The first-order chi connectivity index (χ1) is 16.1. The highest BCUT2D eigenvalue weighted by Gasteiger charge is 2.30.